The van der Waals surface area contributed by atoms with Crippen LogP contribution in [0.15, 0.2) is 0 Å². The van der Waals surface area contributed by atoms with E-state index in [4.69, 9.17) is 4.74 Å². The minimum absolute atomic E-state index is 0. The molecule has 112 valence electrons. The van der Waals surface area contributed by atoms with Crippen molar-refractivity contribution in [3.63, 3.8) is 0 Å². The Balaban J connectivity index is 0.00000180. The number of rotatable bonds is 5. The quantitative estimate of drug-likeness (QED) is 0.754. The molecule has 0 aromatic heterocycles. The van der Waals surface area contributed by atoms with Crippen molar-refractivity contribution in [3.8, 4) is 0 Å². The molecule has 0 bridgehead atoms. The van der Waals surface area contributed by atoms with Crippen LogP contribution < -0.4 is 10.6 Å². The van der Waals surface area contributed by atoms with Gasteiger partial charge in [-0.3, -0.25) is 9.69 Å². The van der Waals surface area contributed by atoms with Crippen molar-refractivity contribution in [1.29, 1.82) is 0 Å². The van der Waals surface area contributed by atoms with Crippen molar-refractivity contribution in [2.75, 3.05) is 45.9 Å². The number of carbonyl (C=O) groups is 1. The molecule has 0 spiro atoms. The monoisotopic (exact) mass is 291 g/mol. The lowest BCUT2D eigenvalue weighted by Gasteiger charge is -2.37. The lowest BCUT2D eigenvalue weighted by molar-refractivity contribution is -0.126. The fourth-order valence-electron chi connectivity index (χ4n) is 2.52. The average molecular weight is 292 g/mol. The summed E-state index contributed by atoms with van der Waals surface area (Å²) >= 11 is 0. The number of carbonyl (C=O) groups excluding carboxylic acids is 1. The molecule has 0 aromatic carbocycles. The molecule has 2 aliphatic heterocycles. The van der Waals surface area contributed by atoms with Crippen molar-refractivity contribution in [3.05, 3.63) is 0 Å². The molecule has 0 saturated carbocycles. The Bertz CT molecular complexity index is 279. The van der Waals surface area contributed by atoms with Crippen LogP contribution in [0.25, 0.3) is 0 Å². The summed E-state index contributed by atoms with van der Waals surface area (Å²) in [6.07, 6.45) is 0. The third kappa shape index (κ3) is 4.60. The van der Waals surface area contributed by atoms with E-state index in [0.29, 0.717) is 12.0 Å². The molecule has 2 heterocycles. The summed E-state index contributed by atoms with van der Waals surface area (Å²) in [5, 5.41) is 6.23. The molecular weight excluding hydrogens is 266 g/mol. The van der Waals surface area contributed by atoms with Gasteiger partial charge in [-0.2, -0.15) is 0 Å². The molecule has 0 aromatic rings. The fraction of sp³-hybridized carbons (Fsp3) is 0.923. The Morgan fingerprint density at radius 3 is 2.47 bits per heavy atom. The van der Waals surface area contributed by atoms with Gasteiger partial charge in [-0.25, -0.2) is 0 Å². The first-order valence-corrected chi connectivity index (χ1v) is 6.98. The van der Waals surface area contributed by atoms with Gasteiger partial charge in [0.2, 0.25) is 5.91 Å². The van der Waals surface area contributed by atoms with Gasteiger partial charge in [-0.05, 0) is 5.92 Å². The molecule has 5 nitrogen and oxygen atoms in total. The summed E-state index contributed by atoms with van der Waals surface area (Å²) in [6, 6.07) is 0.422. The Morgan fingerprint density at radius 1 is 1.37 bits per heavy atom. The topological polar surface area (TPSA) is 53.6 Å². The van der Waals surface area contributed by atoms with E-state index in [1.54, 1.807) is 0 Å². The highest BCUT2D eigenvalue weighted by Gasteiger charge is 2.28. The number of hydrogen-bond donors (Lipinski definition) is 2. The van der Waals surface area contributed by atoms with Crippen molar-refractivity contribution in [2.45, 2.75) is 19.9 Å². The van der Waals surface area contributed by atoms with Crippen LogP contribution in [0.5, 0.6) is 0 Å². The van der Waals surface area contributed by atoms with Gasteiger partial charge in [-0.15, -0.1) is 12.4 Å². The van der Waals surface area contributed by atoms with E-state index >= 15 is 0 Å². The third-order valence-electron chi connectivity index (χ3n) is 3.92. The van der Waals surface area contributed by atoms with Crippen LogP contribution >= 0.6 is 12.4 Å². The number of nitrogens with zero attached hydrogens (tertiary/aromatic N) is 1. The number of halogens is 1. The molecule has 1 unspecified atom stereocenters. The fourth-order valence-corrected chi connectivity index (χ4v) is 2.52. The van der Waals surface area contributed by atoms with E-state index in [9.17, 15) is 4.79 Å². The molecule has 2 aliphatic rings. The van der Waals surface area contributed by atoms with Crippen LogP contribution in [0.1, 0.15) is 13.8 Å². The number of amides is 1. The zero-order valence-electron chi connectivity index (χ0n) is 11.9. The first kappa shape index (κ1) is 16.7. The van der Waals surface area contributed by atoms with Gasteiger partial charge < -0.3 is 15.4 Å². The van der Waals surface area contributed by atoms with Gasteiger partial charge in [0, 0.05) is 38.8 Å². The summed E-state index contributed by atoms with van der Waals surface area (Å²) in [6.45, 7) is 10.4. The first-order chi connectivity index (χ1) is 8.68. The molecule has 0 aliphatic carbocycles. The maximum atomic E-state index is 11.8. The number of nitrogens with one attached hydrogen (secondary N) is 2. The Morgan fingerprint density at radius 2 is 2.00 bits per heavy atom. The predicted molar refractivity (Wildman–Crippen MR) is 77.6 cm³/mol. The van der Waals surface area contributed by atoms with Crippen molar-refractivity contribution in [2.24, 2.45) is 11.8 Å². The van der Waals surface area contributed by atoms with E-state index in [-0.39, 0.29) is 24.2 Å². The largest absolute Gasteiger partial charge is 0.379 e. The minimum atomic E-state index is 0. The van der Waals surface area contributed by atoms with E-state index in [2.05, 4.69) is 29.4 Å². The number of morpholine rings is 1. The Kier molecular flexibility index (Phi) is 7.07. The molecule has 2 rings (SSSR count). The average Bonchev–Trinajstić information content (AvgIpc) is 2.28. The number of ether oxygens (including phenoxy) is 1. The highest BCUT2D eigenvalue weighted by Crippen LogP contribution is 2.12. The lowest BCUT2D eigenvalue weighted by Crippen LogP contribution is -2.55. The van der Waals surface area contributed by atoms with Gasteiger partial charge in [0.1, 0.15) is 0 Å². The normalized spacial score (nSPS) is 22.5. The van der Waals surface area contributed by atoms with E-state index < -0.39 is 0 Å². The van der Waals surface area contributed by atoms with Crippen molar-refractivity contribution < 1.29 is 9.53 Å². The molecule has 2 saturated heterocycles. The zero-order valence-corrected chi connectivity index (χ0v) is 12.7. The Hall–Kier alpha value is -0.360. The summed E-state index contributed by atoms with van der Waals surface area (Å²) in [5.41, 5.74) is 0. The van der Waals surface area contributed by atoms with Crippen molar-refractivity contribution >= 4 is 18.3 Å². The molecule has 2 fully saturated rings. The zero-order chi connectivity index (χ0) is 13.0. The SMILES string of the molecule is CC(C)C(CNC(=O)C1CNC1)N1CCOCC1.Cl. The second-order valence-corrected chi connectivity index (χ2v) is 5.56. The highest BCUT2D eigenvalue weighted by molar-refractivity contribution is 5.85. The van der Waals surface area contributed by atoms with Gasteiger partial charge >= 0.3 is 0 Å². The first-order valence-electron chi connectivity index (χ1n) is 6.98. The van der Waals surface area contributed by atoms with Crippen LogP contribution in [0, 0.1) is 11.8 Å². The molecule has 19 heavy (non-hydrogen) atoms. The second-order valence-electron chi connectivity index (χ2n) is 5.56. The maximum absolute atomic E-state index is 11.8. The molecular formula is C13H26ClN3O2. The van der Waals surface area contributed by atoms with Crippen LogP contribution in [-0.2, 0) is 9.53 Å². The van der Waals surface area contributed by atoms with Gasteiger partial charge in [0.25, 0.3) is 0 Å². The van der Waals surface area contributed by atoms with Crippen molar-refractivity contribution in [1.82, 2.24) is 15.5 Å². The van der Waals surface area contributed by atoms with Crippen LogP contribution in [-0.4, -0.2) is 62.8 Å². The molecule has 1 amide bonds. The van der Waals surface area contributed by atoms with Gasteiger partial charge in [0.15, 0.2) is 0 Å². The molecule has 1 atom stereocenters. The highest BCUT2D eigenvalue weighted by atomic mass is 35.5. The predicted octanol–water partition coefficient (Wildman–Crippen LogP) is 0.101. The molecule has 6 heteroatoms. The second kappa shape index (κ2) is 8.04. The van der Waals surface area contributed by atoms with Crippen LogP contribution in [0.4, 0.5) is 0 Å². The third-order valence-corrected chi connectivity index (χ3v) is 3.92. The van der Waals surface area contributed by atoms with E-state index in [1.165, 1.54) is 0 Å². The smallest absolute Gasteiger partial charge is 0.225 e. The molecule has 0 radical (unpaired) electrons. The molecule has 2 N–H and O–H groups in total. The summed E-state index contributed by atoms with van der Waals surface area (Å²) in [7, 11) is 0. The van der Waals surface area contributed by atoms with Gasteiger partial charge in [-0.1, -0.05) is 13.8 Å². The van der Waals surface area contributed by atoms with Crippen LogP contribution in [0.2, 0.25) is 0 Å². The van der Waals surface area contributed by atoms with Crippen LogP contribution in [0.3, 0.4) is 0 Å². The van der Waals surface area contributed by atoms with Gasteiger partial charge in [0.05, 0.1) is 19.1 Å². The maximum Gasteiger partial charge on any atom is 0.225 e. The van der Waals surface area contributed by atoms with E-state index in [0.717, 1.165) is 45.9 Å². The van der Waals surface area contributed by atoms with E-state index in [1.807, 2.05) is 0 Å². The minimum Gasteiger partial charge on any atom is -0.379 e. The Labute approximate surface area is 121 Å². The number of hydrogen-bond acceptors (Lipinski definition) is 4. The summed E-state index contributed by atoms with van der Waals surface area (Å²) in [5.74, 6) is 0.929. The summed E-state index contributed by atoms with van der Waals surface area (Å²) in [4.78, 5) is 14.3. The standard InChI is InChI=1S/C13H25N3O2.ClH/c1-10(2)12(16-3-5-18-6-4-16)9-15-13(17)11-7-14-8-11;/h10-12,14H,3-9H2,1-2H3,(H,15,17);1H. The summed E-state index contributed by atoms with van der Waals surface area (Å²) < 4.78 is 5.38. The lowest BCUT2D eigenvalue weighted by atomic mass is 10.00.